The molecule has 2 aromatic heterocycles. The molecule has 0 saturated carbocycles. The number of fused-ring (bicyclic) bond motifs is 1. The van der Waals surface area contributed by atoms with Crippen LogP contribution in [0.25, 0.3) is 11.2 Å². The summed E-state index contributed by atoms with van der Waals surface area (Å²) < 4.78 is 1.73. The Hall–Kier alpha value is -2.73. The van der Waals surface area contributed by atoms with Gasteiger partial charge in [-0.1, -0.05) is 0 Å². The van der Waals surface area contributed by atoms with Crippen molar-refractivity contribution < 1.29 is 4.79 Å². The molecule has 1 aliphatic rings. The highest BCUT2D eigenvalue weighted by Crippen LogP contribution is 2.25. The molecule has 0 spiro atoms. The van der Waals surface area contributed by atoms with Gasteiger partial charge < -0.3 is 9.47 Å². The number of nitriles is 1. The van der Waals surface area contributed by atoms with Crippen LogP contribution in [0.15, 0.2) is 6.33 Å². The second-order valence-corrected chi connectivity index (χ2v) is 5.65. The Labute approximate surface area is 133 Å². The van der Waals surface area contributed by atoms with Gasteiger partial charge in [-0.25, -0.2) is 10.8 Å². The van der Waals surface area contributed by atoms with E-state index in [1.54, 1.807) is 34.8 Å². The summed E-state index contributed by atoms with van der Waals surface area (Å²) in [4.78, 5) is 25.9. The molecule has 0 radical (unpaired) electrons. The number of piperidine rings is 1. The van der Waals surface area contributed by atoms with Gasteiger partial charge in [0.15, 0.2) is 17.0 Å². The molecule has 2 aromatic rings. The van der Waals surface area contributed by atoms with Gasteiger partial charge in [0.05, 0.1) is 12.4 Å². The van der Waals surface area contributed by atoms with Gasteiger partial charge in [-0.05, 0) is 12.8 Å². The smallest absolute Gasteiger partial charge is 0.236 e. The van der Waals surface area contributed by atoms with E-state index < -0.39 is 0 Å². The van der Waals surface area contributed by atoms with Crippen molar-refractivity contribution in [3.8, 4) is 6.07 Å². The van der Waals surface area contributed by atoms with Crippen LogP contribution in [0.1, 0.15) is 25.6 Å². The number of amides is 1. The number of carbonyl (C=O) groups is 1. The predicted octanol–water partition coefficient (Wildman–Crippen LogP) is -0.0740. The van der Waals surface area contributed by atoms with Crippen molar-refractivity contribution in [3.63, 3.8) is 0 Å². The molecule has 1 fully saturated rings. The maximum absolute atomic E-state index is 11.4. The Morgan fingerprint density at radius 2 is 2.13 bits per heavy atom. The van der Waals surface area contributed by atoms with Crippen LogP contribution in [0.5, 0.6) is 0 Å². The van der Waals surface area contributed by atoms with Crippen molar-refractivity contribution >= 4 is 22.9 Å². The minimum Gasteiger partial charge on any atom is -0.343 e. The summed E-state index contributed by atoms with van der Waals surface area (Å²) in [5.74, 6) is 6.86. The highest BCUT2D eigenvalue weighted by Gasteiger charge is 2.27. The average Bonchev–Trinajstić information content (AvgIpc) is 2.94. The normalized spacial score (nSPS) is 15.7. The van der Waals surface area contributed by atoms with Gasteiger partial charge >= 0.3 is 0 Å². The first-order valence-corrected chi connectivity index (χ1v) is 7.40. The third-order valence-electron chi connectivity index (χ3n) is 4.19. The molecule has 23 heavy (non-hydrogen) atoms. The van der Waals surface area contributed by atoms with E-state index in [2.05, 4.69) is 15.0 Å². The van der Waals surface area contributed by atoms with E-state index in [1.165, 1.54) is 0 Å². The molecule has 9 nitrogen and oxygen atoms in total. The highest BCUT2D eigenvalue weighted by molar-refractivity contribution is 5.83. The van der Waals surface area contributed by atoms with Gasteiger partial charge in [-0.2, -0.15) is 15.2 Å². The summed E-state index contributed by atoms with van der Waals surface area (Å²) >= 11 is 0. The number of rotatable bonds is 2. The number of hydrogen-bond donors (Lipinski definition) is 1. The zero-order valence-corrected chi connectivity index (χ0v) is 13.1. The summed E-state index contributed by atoms with van der Waals surface area (Å²) in [6, 6.07) is 2.00. The fraction of sp³-hybridized carbons (Fsp3) is 0.500. The van der Waals surface area contributed by atoms with E-state index in [1.807, 2.05) is 6.07 Å². The molecule has 1 amide bonds. The highest BCUT2D eigenvalue weighted by atomic mass is 16.2. The fourth-order valence-corrected chi connectivity index (χ4v) is 2.85. The van der Waals surface area contributed by atoms with E-state index >= 15 is 0 Å². The Morgan fingerprint density at radius 3 is 2.74 bits per heavy atom. The summed E-state index contributed by atoms with van der Waals surface area (Å²) in [6.07, 6.45) is 3.11. The number of carbonyl (C=O) groups excluding carboxylic acids is 1. The summed E-state index contributed by atoms with van der Waals surface area (Å²) in [7, 11) is 1.81. The van der Waals surface area contributed by atoms with Crippen LogP contribution in [-0.4, -0.2) is 49.5 Å². The summed E-state index contributed by atoms with van der Waals surface area (Å²) in [6.45, 7) is 2.89. The Morgan fingerprint density at radius 1 is 1.43 bits per heavy atom. The van der Waals surface area contributed by atoms with E-state index in [9.17, 15) is 4.79 Å². The molecular weight excluding hydrogens is 296 g/mol. The average molecular weight is 314 g/mol. The molecule has 1 aliphatic heterocycles. The molecule has 3 rings (SSSR count). The molecule has 1 saturated heterocycles. The number of nitrogens with two attached hydrogens (primary N) is 1. The van der Waals surface area contributed by atoms with Crippen molar-refractivity contribution in [3.05, 3.63) is 12.2 Å². The van der Waals surface area contributed by atoms with Gasteiger partial charge in [0, 0.05) is 27.1 Å². The molecule has 9 heteroatoms. The number of aryl methyl sites for hydroxylation is 1. The third-order valence-corrected chi connectivity index (χ3v) is 4.19. The van der Waals surface area contributed by atoms with Crippen LogP contribution in [-0.2, 0) is 11.8 Å². The molecule has 2 N–H and O–H groups in total. The zero-order valence-electron chi connectivity index (χ0n) is 13.1. The van der Waals surface area contributed by atoms with Crippen LogP contribution in [0.3, 0.4) is 0 Å². The molecule has 0 aromatic carbocycles. The number of hydrogen-bond acceptors (Lipinski definition) is 7. The Kier molecular flexibility index (Phi) is 3.83. The number of imidazole rings is 1. The van der Waals surface area contributed by atoms with E-state index in [4.69, 9.17) is 11.1 Å². The molecule has 3 heterocycles. The number of nitrogens with zero attached hydrogens (tertiary/aromatic N) is 7. The van der Waals surface area contributed by atoms with Crippen LogP contribution in [0, 0.1) is 11.3 Å². The zero-order chi connectivity index (χ0) is 16.6. The lowest BCUT2D eigenvalue weighted by molar-refractivity contribution is -0.129. The SMILES string of the molecule is CC(=O)N1CCC(N(N)c2nc(C#N)nc3c2ncn3C)CC1. The maximum Gasteiger partial charge on any atom is 0.236 e. The van der Waals surface area contributed by atoms with Gasteiger partial charge in [-0.3, -0.25) is 9.80 Å². The first kappa shape index (κ1) is 15.2. The Bertz CT molecular complexity index is 784. The lowest BCUT2D eigenvalue weighted by atomic mass is 10.0. The summed E-state index contributed by atoms with van der Waals surface area (Å²) in [5, 5.41) is 10.7. The maximum atomic E-state index is 11.4. The molecule has 0 bridgehead atoms. The quantitative estimate of drug-likeness (QED) is 0.609. The molecule has 0 unspecified atom stereocenters. The van der Waals surface area contributed by atoms with Gasteiger partial charge in [-0.15, -0.1) is 0 Å². The minimum absolute atomic E-state index is 0.0391. The first-order chi connectivity index (χ1) is 11.0. The lowest BCUT2D eigenvalue weighted by Crippen LogP contribution is -2.49. The molecule has 120 valence electrons. The van der Waals surface area contributed by atoms with Crippen molar-refractivity contribution in [1.29, 1.82) is 5.26 Å². The van der Waals surface area contributed by atoms with E-state index in [0.717, 1.165) is 12.8 Å². The number of aromatic nitrogens is 4. The Balaban J connectivity index is 1.91. The van der Waals surface area contributed by atoms with Crippen molar-refractivity contribution in [2.24, 2.45) is 12.9 Å². The van der Waals surface area contributed by atoms with Crippen LogP contribution in [0.2, 0.25) is 0 Å². The van der Waals surface area contributed by atoms with E-state index in [-0.39, 0.29) is 17.8 Å². The van der Waals surface area contributed by atoms with Crippen LogP contribution in [0.4, 0.5) is 5.82 Å². The van der Waals surface area contributed by atoms with Gasteiger partial charge in [0.25, 0.3) is 0 Å². The van der Waals surface area contributed by atoms with Gasteiger partial charge in [0.1, 0.15) is 6.07 Å². The molecule has 0 atom stereocenters. The van der Waals surface area contributed by atoms with Crippen LogP contribution < -0.4 is 10.9 Å². The van der Waals surface area contributed by atoms with Crippen molar-refractivity contribution in [1.82, 2.24) is 24.4 Å². The number of hydrazine groups is 1. The minimum atomic E-state index is 0.0391. The third kappa shape index (κ3) is 2.68. The number of likely N-dealkylation sites (tertiary alicyclic amines) is 1. The van der Waals surface area contributed by atoms with E-state index in [0.29, 0.717) is 30.1 Å². The predicted molar refractivity (Wildman–Crippen MR) is 83.0 cm³/mol. The first-order valence-electron chi connectivity index (χ1n) is 7.40. The fourth-order valence-electron chi connectivity index (χ4n) is 2.85. The topological polar surface area (TPSA) is 117 Å². The molecule has 0 aliphatic carbocycles. The van der Waals surface area contributed by atoms with Crippen molar-refractivity contribution in [2.75, 3.05) is 18.1 Å². The van der Waals surface area contributed by atoms with Gasteiger partial charge in [0.2, 0.25) is 11.7 Å². The lowest BCUT2D eigenvalue weighted by Gasteiger charge is -2.36. The molecular formula is C14H18N8O. The monoisotopic (exact) mass is 314 g/mol. The standard InChI is InChI=1S/C14H18N8O/c1-9(23)21-5-3-10(4-6-21)22(16)14-12-13(20(2)8-17-12)18-11(7-15)19-14/h8,10H,3-6,16H2,1-2H3. The summed E-state index contributed by atoms with van der Waals surface area (Å²) in [5.41, 5.74) is 1.14. The van der Waals surface area contributed by atoms with Crippen LogP contribution >= 0.6 is 0 Å². The van der Waals surface area contributed by atoms with Crippen molar-refractivity contribution in [2.45, 2.75) is 25.8 Å². The second-order valence-electron chi connectivity index (χ2n) is 5.65. The second kappa shape index (κ2) is 5.81. The largest absolute Gasteiger partial charge is 0.343 e. The number of anilines is 1.